The van der Waals surface area contributed by atoms with Gasteiger partial charge in [-0.05, 0) is 17.4 Å². The fourth-order valence-corrected chi connectivity index (χ4v) is 3.55. The fourth-order valence-electron chi connectivity index (χ4n) is 1.92. The molecule has 1 amide bonds. The Morgan fingerprint density at radius 1 is 1.36 bits per heavy atom. The van der Waals surface area contributed by atoms with E-state index in [2.05, 4.69) is 10.3 Å². The molecule has 2 aromatic rings. The number of methoxy groups -OCH3 is 1. The average Bonchev–Trinajstić information content (AvgIpc) is 3.14. The van der Waals surface area contributed by atoms with Gasteiger partial charge in [0.1, 0.15) is 11.0 Å². The van der Waals surface area contributed by atoms with E-state index >= 15 is 0 Å². The van der Waals surface area contributed by atoms with E-state index in [9.17, 15) is 9.59 Å². The van der Waals surface area contributed by atoms with Crippen molar-refractivity contribution in [3.63, 3.8) is 0 Å². The molecule has 5 nitrogen and oxygen atoms in total. The van der Waals surface area contributed by atoms with Crippen molar-refractivity contribution in [2.75, 3.05) is 7.11 Å². The van der Waals surface area contributed by atoms with Crippen LogP contribution < -0.4 is 5.32 Å². The van der Waals surface area contributed by atoms with E-state index in [1.165, 1.54) is 18.4 Å². The van der Waals surface area contributed by atoms with Crippen LogP contribution in [-0.2, 0) is 20.7 Å². The highest BCUT2D eigenvalue weighted by Crippen LogP contribution is 2.27. The van der Waals surface area contributed by atoms with Crippen molar-refractivity contribution in [2.45, 2.75) is 26.3 Å². The zero-order valence-corrected chi connectivity index (χ0v) is 14.3. The number of hydrogen-bond donors (Lipinski definition) is 1. The van der Waals surface area contributed by atoms with Gasteiger partial charge >= 0.3 is 5.97 Å². The van der Waals surface area contributed by atoms with Gasteiger partial charge in [-0.3, -0.25) is 4.79 Å². The number of nitrogens with one attached hydrogen (secondary N) is 1. The fraction of sp³-hybridized carbons (Fsp3) is 0.400. The summed E-state index contributed by atoms with van der Waals surface area (Å²) >= 11 is 3.13. The van der Waals surface area contributed by atoms with Gasteiger partial charge in [-0.25, -0.2) is 9.78 Å². The van der Waals surface area contributed by atoms with Crippen LogP contribution in [0.15, 0.2) is 22.9 Å². The molecule has 1 N–H and O–H groups in total. The Morgan fingerprint density at radius 2 is 2.14 bits per heavy atom. The third kappa shape index (κ3) is 4.14. The van der Waals surface area contributed by atoms with Gasteiger partial charge in [-0.15, -0.1) is 22.7 Å². The van der Waals surface area contributed by atoms with Crippen molar-refractivity contribution in [3.05, 3.63) is 28.6 Å². The molecule has 2 heterocycles. The van der Waals surface area contributed by atoms with Crippen molar-refractivity contribution in [3.8, 4) is 9.88 Å². The van der Waals surface area contributed by atoms with Gasteiger partial charge < -0.3 is 10.1 Å². The Kier molecular flexibility index (Phi) is 5.68. The van der Waals surface area contributed by atoms with E-state index in [1.54, 1.807) is 11.3 Å². The maximum atomic E-state index is 12.1. The minimum absolute atomic E-state index is 0.0338. The molecule has 0 unspecified atom stereocenters. The van der Waals surface area contributed by atoms with Crippen molar-refractivity contribution < 1.29 is 14.3 Å². The van der Waals surface area contributed by atoms with E-state index < -0.39 is 12.0 Å². The lowest BCUT2D eigenvalue weighted by Gasteiger charge is -2.19. The first-order valence-corrected chi connectivity index (χ1v) is 8.62. The summed E-state index contributed by atoms with van der Waals surface area (Å²) in [5.41, 5.74) is 0.707. The van der Waals surface area contributed by atoms with Crippen LogP contribution in [0.3, 0.4) is 0 Å². The summed E-state index contributed by atoms with van der Waals surface area (Å²) in [7, 11) is 1.32. The van der Waals surface area contributed by atoms with Crippen LogP contribution in [0.4, 0.5) is 0 Å². The molecule has 0 fully saturated rings. The molecule has 0 saturated carbocycles. The Labute approximate surface area is 137 Å². The van der Waals surface area contributed by atoms with Crippen LogP contribution in [0.5, 0.6) is 0 Å². The minimum Gasteiger partial charge on any atom is -0.467 e. The second kappa shape index (κ2) is 7.51. The first-order chi connectivity index (χ1) is 10.5. The van der Waals surface area contributed by atoms with E-state index in [-0.39, 0.29) is 18.2 Å². The van der Waals surface area contributed by atoms with Crippen LogP contribution in [0.2, 0.25) is 0 Å². The maximum Gasteiger partial charge on any atom is 0.328 e. The van der Waals surface area contributed by atoms with E-state index in [0.29, 0.717) is 5.69 Å². The third-order valence-corrected chi connectivity index (χ3v) is 4.99. The lowest BCUT2D eigenvalue weighted by atomic mass is 10.0. The van der Waals surface area contributed by atoms with Crippen molar-refractivity contribution in [2.24, 2.45) is 5.92 Å². The number of rotatable bonds is 6. The molecule has 22 heavy (non-hydrogen) atoms. The van der Waals surface area contributed by atoms with Gasteiger partial charge in [0, 0.05) is 5.38 Å². The molecular formula is C15H18N2O3S2. The van der Waals surface area contributed by atoms with Gasteiger partial charge in [-0.2, -0.15) is 0 Å². The molecule has 1 atom stereocenters. The Morgan fingerprint density at radius 3 is 2.73 bits per heavy atom. The highest BCUT2D eigenvalue weighted by atomic mass is 32.1. The summed E-state index contributed by atoms with van der Waals surface area (Å²) in [6.45, 7) is 3.72. The van der Waals surface area contributed by atoms with Crippen LogP contribution in [-0.4, -0.2) is 30.0 Å². The van der Waals surface area contributed by atoms with Crippen molar-refractivity contribution >= 4 is 34.6 Å². The van der Waals surface area contributed by atoms with Gasteiger partial charge in [0.15, 0.2) is 0 Å². The number of aromatic nitrogens is 1. The predicted octanol–water partition coefficient (Wildman–Crippen LogP) is 2.73. The first-order valence-electron chi connectivity index (χ1n) is 6.86. The highest BCUT2D eigenvalue weighted by molar-refractivity contribution is 7.20. The molecule has 0 bridgehead atoms. The monoisotopic (exact) mass is 338 g/mol. The molecule has 0 aliphatic rings. The third-order valence-electron chi connectivity index (χ3n) is 3.06. The van der Waals surface area contributed by atoms with Gasteiger partial charge in [0.05, 0.1) is 24.1 Å². The number of thiophene rings is 1. The summed E-state index contributed by atoms with van der Waals surface area (Å²) in [4.78, 5) is 29.3. The van der Waals surface area contributed by atoms with Crippen molar-refractivity contribution in [1.82, 2.24) is 10.3 Å². The SMILES string of the molecule is COC(=O)[C@@H](NC(=O)Cc1csc(-c2cccs2)n1)C(C)C. The smallest absolute Gasteiger partial charge is 0.328 e. The summed E-state index contributed by atoms with van der Waals surface area (Å²) in [5.74, 6) is -0.693. The molecule has 0 radical (unpaired) electrons. The number of carbonyl (C=O) groups is 2. The van der Waals surface area contributed by atoms with E-state index in [4.69, 9.17) is 4.74 Å². The molecule has 0 aromatic carbocycles. The average molecular weight is 338 g/mol. The van der Waals surface area contributed by atoms with Crippen LogP contribution in [0.1, 0.15) is 19.5 Å². The van der Waals surface area contributed by atoms with Gasteiger partial charge in [0.25, 0.3) is 0 Å². The Hall–Kier alpha value is -1.73. The van der Waals surface area contributed by atoms with Crippen LogP contribution in [0, 0.1) is 5.92 Å². The Balaban J connectivity index is 1.98. The number of carbonyl (C=O) groups excluding carboxylic acids is 2. The first kappa shape index (κ1) is 16.6. The number of hydrogen-bond acceptors (Lipinski definition) is 6. The normalized spacial score (nSPS) is 12.2. The molecule has 0 saturated heterocycles. The number of thiazole rings is 1. The van der Waals surface area contributed by atoms with E-state index in [0.717, 1.165) is 9.88 Å². The topological polar surface area (TPSA) is 68.3 Å². The summed E-state index contributed by atoms with van der Waals surface area (Å²) in [5, 5.41) is 7.49. The van der Waals surface area contributed by atoms with Crippen LogP contribution >= 0.6 is 22.7 Å². The lowest BCUT2D eigenvalue weighted by Crippen LogP contribution is -2.45. The number of amides is 1. The van der Waals surface area contributed by atoms with Gasteiger partial charge in [-0.1, -0.05) is 19.9 Å². The molecule has 2 aromatic heterocycles. The second-order valence-electron chi connectivity index (χ2n) is 5.11. The number of nitrogens with zero attached hydrogens (tertiary/aromatic N) is 1. The molecule has 7 heteroatoms. The maximum absolute atomic E-state index is 12.1. The highest BCUT2D eigenvalue weighted by Gasteiger charge is 2.25. The molecule has 0 aliphatic carbocycles. The second-order valence-corrected chi connectivity index (χ2v) is 6.92. The molecule has 0 aliphatic heterocycles. The standard InChI is InChI=1S/C15H18N2O3S2/c1-9(2)13(15(19)20-3)17-12(18)7-10-8-22-14(16-10)11-5-4-6-21-11/h4-6,8-9,13H,7H2,1-3H3,(H,17,18)/t13-/m0/s1. The molecule has 0 spiro atoms. The van der Waals surface area contributed by atoms with Crippen molar-refractivity contribution in [1.29, 1.82) is 0 Å². The zero-order chi connectivity index (χ0) is 16.1. The quantitative estimate of drug-likeness (QED) is 0.822. The zero-order valence-electron chi connectivity index (χ0n) is 12.7. The van der Waals surface area contributed by atoms with Gasteiger partial charge in [0.2, 0.25) is 5.91 Å². The summed E-state index contributed by atoms with van der Waals surface area (Å²) in [6, 6.07) is 3.34. The summed E-state index contributed by atoms with van der Waals surface area (Å²) in [6.07, 6.45) is 0.155. The predicted molar refractivity (Wildman–Crippen MR) is 87.9 cm³/mol. The van der Waals surface area contributed by atoms with Crippen LogP contribution in [0.25, 0.3) is 9.88 Å². The summed E-state index contributed by atoms with van der Waals surface area (Å²) < 4.78 is 4.71. The lowest BCUT2D eigenvalue weighted by molar-refractivity contribution is -0.146. The Bertz CT molecular complexity index is 635. The molecular weight excluding hydrogens is 320 g/mol. The largest absolute Gasteiger partial charge is 0.467 e. The molecule has 2 rings (SSSR count). The van der Waals surface area contributed by atoms with E-state index in [1.807, 2.05) is 36.7 Å². The number of esters is 1. The minimum atomic E-state index is -0.632. The molecule has 118 valence electrons. The number of ether oxygens (including phenoxy) is 1.